The molecule has 0 radical (unpaired) electrons. The van der Waals surface area contributed by atoms with Crippen LogP contribution in [0, 0.1) is 5.82 Å². The normalized spacial score (nSPS) is 14.3. The van der Waals surface area contributed by atoms with E-state index in [9.17, 15) is 22.4 Å². The molecule has 8 heteroatoms. The summed E-state index contributed by atoms with van der Waals surface area (Å²) in [5.41, 5.74) is 0.0656. The Morgan fingerprint density at radius 1 is 1.04 bits per heavy atom. The Morgan fingerprint density at radius 2 is 1.57 bits per heavy atom. The minimum Gasteiger partial charge on any atom is -0.268 e. The second-order valence-corrected chi connectivity index (χ2v) is 7.84. The monoisotopic (exact) mass is 397 g/mol. The van der Waals surface area contributed by atoms with Gasteiger partial charge in [0, 0.05) is 10.7 Å². The zero-order valence-electron chi connectivity index (χ0n) is 11.7. The molecule has 0 unspecified atom stereocenters. The van der Waals surface area contributed by atoms with Gasteiger partial charge in [-0.2, -0.15) is 0 Å². The number of hydrogen-bond acceptors (Lipinski definition) is 4. The molecular weight excluding hydrogens is 389 g/mol. The number of nitrogens with zero attached hydrogens (tertiary/aromatic N) is 1. The summed E-state index contributed by atoms with van der Waals surface area (Å²) in [6.45, 7) is 0. The third-order valence-corrected chi connectivity index (χ3v) is 5.49. The molecule has 0 saturated heterocycles. The fraction of sp³-hybridized carbons (Fsp3) is 0.0667. The highest BCUT2D eigenvalue weighted by molar-refractivity contribution is 9.10. The number of carbonyl (C=O) groups is 2. The fourth-order valence-corrected chi connectivity index (χ4v) is 4.33. The molecule has 3 rings (SSSR count). The molecule has 0 aliphatic carbocycles. The Morgan fingerprint density at radius 3 is 2.04 bits per heavy atom. The highest BCUT2D eigenvalue weighted by atomic mass is 79.9. The van der Waals surface area contributed by atoms with Gasteiger partial charge in [0.15, 0.2) is 9.84 Å². The first-order valence-corrected chi connectivity index (χ1v) is 9.07. The third-order valence-electron chi connectivity index (χ3n) is 3.44. The maximum absolute atomic E-state index is 14.4. The predicted octanol–water partition coefficient (Wildman–Crippen LogP) is 2.79. The Bertz CT molecular complexity index is 936. The molecule has 2 aromatic rings. The summed E-state index contributed by atoms with van der Waals surface area (Å²) in [4.78, 5) is 25.2. The maximum Gasteiger partial charge on any atom is 0.266 e. The van der Waals surface area contributed by atoms with Crippen LogP contribution < -0.4 is 4.90 Å². The summed E-state index contributed by atoms with van der Waals surface area (Å²) in [6.07, 6.45) is 0.939. The quantitative estimate of drug-likeness (QED) is 0.730. The van der Waals surface area contributed by atoms with Crippen molar-refractivity contribution in [2.45, 2.75) is 4.90 Å². The van der Waals surface area contributed by atoms with Gasteiger partial charge in [-0.1, -0.05) is 12.1 Å². The van der Waals surface area contributed by atoms with E-state index in [-0.39, 0.29) is 26.2 Å². The lowest BCUT2D eigenvalue weighted by molar-refractivity contribution is 0.0925. The van der Waals surface area contributed by atoms with Crippen molar-refractivity contribution >= 4 is 43.3 Å². The van der Waals surface area contributed by atoms with Gasteiger partial charge in [0.05, 0.1) is 21.7 Å². The number of imide groups is 1. The zero-order chi connectivity index (χ0) is 16.9. The summed E-state index contributed by atoms with van der Waals surface area (Å²) in [5, 5.41) is 0. The molecule has 0 aromatic heterocycles. The van der Waals surface area contributed by atoms with Crippen LogP contribution in [0.25, 0.3) is 0 Å². The zero-order valence-corrected chi connectivity index (χ0v) is 14.1. The van der Waals surface area contributed by atoms with Gasteiger partial charge >= 0.3 is 0 Å². The predicted molar refractivity (Wildman–Crippen MR) is 84.8 cm³/mol. The summed E-state index contributed by atoms with van der Waals surface area (Å²) in [5.74, 6) is -2.27. The molecule has 0 bridgehead atoms. The molecule has 2 amide bonds. The summed E-state index contributed by atoms with van der Waals surface area (Å²) < 4.78 is 37.6. The fourth-order valence-electron chi connectivity index (χ4n) is 2.38. The number of rotatable bonds is 2. The van der Waals surface area contributed by atoms with E-state index < -0.39 is 27.5 Å². The van der Waals surface area contributed by atoms with E-state index in [0.717, 1.165) is 18.4 Å². The molecule has 1 heterocycles. The van der Waals surface area contributed by atoms with Crippen molar-refractivity contribution in [1.82, 2.24) is 0 Å². The third kappa shape index (κ3) is 2.47. The molecule has 0 N–H and O–H groups in total. The number of fused-ring (bicyclic) bond motifs is 1. The molecule has 0 atom stereocenters. The van der Waals surface area contributed by atoms with Crippen molar-refractivity contribution in [3.8, 4) is 0 Å². The van der Waals surface area contributed by atoms with Crippen LogP contribution in [0.4, 0.5) is 10.1 Å². The number of carbonyl (C=O) groups excluding carboxylic acids is 2. The van der Waals surface area contributed by atoms with Gasteiger partial charge < -0.3 is 0 Å². The summed E-state index contributed by atoms with van der Waals surface area (Å²) in [6, 6.07) is 8.07. The average Bonchev–Trinajstić information content (AvgIpc) is 2.73. The van der Waals surface area contributed by atoms with Crippen LogP contribution in [0.15, 0.2) is 45.8 Å². The van der Waals surface area contributed by atoms with Crippen LogP contribution >= 0.6 is 15.9 Å². The van der Waals surface area contributed by atoms with Gasteiger partial charge in [0.1, 0.15) is 5.82 Å². The van der Waals surface area contributed by atoms with Gasteiger partial charge in [-0.05, 0) is 40.2 Å². The lowest BCUT2D eigenvalue weighted by Crippen LogP contribution is -2.30. The van der Waals surface area contributed by atoms with Crippen LogP contribution in [0.1, 0.15) is 20.7 Å². The first-order valence-electron chi connectivity index (χ1n) is 6.38. The van der Waals surface area contributed by atoms with Crippen molar-refractivity contribution in [3.63, 3.8) is 0 Å². The second-order valence-electron chi connectivity index (χ2n) is 5.00. The molecule has 118 valence electrons. The van der Waals surface area contributed by atoms with E-state index in [1.165, 1.54) is 12.1 Å². The van der Waals surface area contributed by atoms with E-state index in [4.69, 9.17) is 0 Å². The minimum atomic E-state index is -3.65. The molecule has 1 aliphatic rings. The second kappa shape index (κ2) is 5.24. The number of benzene rings is 2. The van der Waals surface area contributed by atoms with Gasteiger partial charge in [-0.15, -0.1) is 0 Å². The highest BCUT2D eigenvalue weighted by Gasteiger charge is 2.38. The Balaban J connectivity index is 2.17. The Hall–Kier alpha value is -2.06. The molecule has 0 fully saturated rings. The van der Waals surface area contributed by atoms with E-state index in [1.807, 2.05) is 0 Å². The van der Waals surface area contributed by atoms with Crippen molar-refractivity contribution in [1.29, 1.82) is 0 Å². The van der Waals surface area contributed by atoms with Crippen molar-refractivity contribution in [2.24, 2.45) is 0 Å². The smallest absolute Gasteiger partial charge is 0.266 e. The van der Waals surface area contributed by atoms with E-state index in [2.05, 4.69) is 15.9 Å². The first kappa shape index (κ1) is 15.8. The Kier molecular flexibility index (Phi) is 3.61. The largest absolute Gasteiger partial charge is 0.268 e. The average molecular weight is 398 g/mol. The highest BCUT2D eigenvalue weighted by Crippen LogP contribution is 2.34. The van der Waals surface area contributed by atoms with Crippen LogP contribution in [0.3, 0.4) is 0 Å². The number of sulfone groups is 1. The van der Waals surface area contributed by atoms with Crippen LogP contribution in [-0.2, 0) is 9.84 Å². The SMILES string of the molecule is CS(=O)(=O)c1cc(F)c(N2C(=O)c3ccccc3C2=O)cc1Br. The number of amides is 2. The summed E-state index contributed by atoms with van der Waals surface area (Å²) >= 11 is 3.04. The first-order chi connectivity index (χ1) is 10.7. The van der Waals surface area contributed by atoms with Crippen molar-refractivity contribution in [2.75, 3.05) is 11.2 Å². The molecule has 0 saturated carbocycles. The van der Waals surface area contributed by atoms with Gasteiger partial charge in [0.2, 0.25) is 0 Å². The number of anilines is 1. The van der Waals surface area contributed by atoms with Crippen molar-refractivity contribution in [3.05, 3.63) is 57.8 Å². The molecule has 5 nitrogen and oxygen atoms in total. The maximum atomic E-state index is 14.4. The lowest BCUT2D eigenvalue weighted by atomic mass is 10.1. The summed E-state index contributed by atoms with van der Waals surface area (Å²) in [7, 11) is -3.65. The van der Waals surface area contributed by atoms with Crippen LogP contribution in [0.5, 0.6) is 0 Å². The number of hydrogen-bond donors (Lipinski definition) is 0. The van der Waals surface area contributed by atoms with Crippen LogP contribution in [-0.4, -0.2) is 26.5 Å². The van der Waals surface area contributed by atoms with Crippen molar-refractivity contribution < 1.29 is 22.4 Å². The van der Waals surface area contributed by atoms with Gasteiger partial charge in [-0.3, -0.25) is 9.59 Å². The Labute approximate surface area is 139 Å². The molecule has 2 aromatic carbocycles. The number of halogens is 2. The molecule has 23 heavy (non-hydrogen) atoms. The molecule has 1 aliphatic heterocycles. The van der Waals surface area contributed by atoms with Gasteiger partial charge in [-0.25, -0.2) is 17.7 Å². The van der Waals surface area contributed by atoms with Gasteiger partial charge in [0.25, 0.3) is 11.8 Å². The lowest BCUT2D eigenvalue weighted by Gasteiger charge is -2.16. The molecule has 0 spiro atoms. The molecular formula is C15H9BrFNO4S. The van der Waals surface area contributed by atoms with E-state index >= 15 is 0 Å². The van der Waals surface area contributed by atoms with E-state index in [1.54, 1.807) is 12.1 Å². The standard InChI is InChI=1S/C15H9BrFNO4S/c1-23(21,22)13-7-11(17)12(6-10(13)16)18-14(19)8-4-2-3-5-9(8)15(18)20/h2-7H,1H3. The van der Waals surface area contributed by atoms with Crippen LogP contribution in [0.2, 0.25) is 0 Å². The topological polar surface area (TPSA) is 71.5 Å². The minimum absolute atomic E-state index is 0.0768. The van der Waals surface area contributed by atoms with E-state index in [0.29, 0.717) is 4.90 Å².